The molecule has 0 N–H and O–H groups in total. The second-order valence-corrected chi connectivity index (χ2v) is 8.13. The lowest BCUT2D eigenvalue weighted by molar-refractivity contribution is 0.568. The van der Waals surface area contributed by atoms with Crippen molar-refractivity contribution in [1.82, 2.24) is 0 Å². The van der Waals surface area contributed by atoms with E-state index < -0.39 is 0 Å². The Kier molecular flexibility index (Phi) is 3.50. The number of halogens is 2. The fourth-order valence-electron chi connectivity index (χ4n) is 3.65. The van der Waals surface area contributed by atoms with E-state index in [9.17, 15) is 4.79 Å². The Morgan fingerprint density at radius 2 is 1.60 bits per heavy atom. The Morgan fingerprint density at radius 3 is 2.44 bits per heavy atom. The lowest BCUT2D eigenvalue weighted by Gasteiger charge is -2.23. The number of hydrogen-bond acceptors (Lipinski definition) is 2. The van der Waals surface area contributed by atoms with Gasteiger partial charge in [0, 0.05) is 14.8 Å². The third kappa shape index (κ3) is 2.28. The Morgan fingerprint density at radius 1 is 0.880 bits per heavy atom. The molecular formula is C19H9B2Cl2OS. The summed E-state index contributed by atoms with van der Waals surface area (Å²) in [6, 6.07) is 16.4. The average molecular weight is 378 g/mol. The summed E-state index contributed by atoms with van der Waals surface area (Å²) in [6.45, 7) is -0.320. The van der Waals surface area contributed by atoms with Gasteiger partial charge < -0.3 is 4.79 Å². The summed E-state index contributed by atoms with van der Waals surface area (Å²) in [7, 11) is 2.10. The summed E-state index contributed by atoms with van der Waals surface area (Å²) in [6.07, 6.45) is 0.994. The SMILES string of the molecule is O=CB1c2cc(Cl)c(Cl)cc2[B]c2cc3c(cc21)sc1ccccc13. The van der Waals surface area contributed by atoms with Crippen molar-refractivity contribution in [3.63, 3.8) is 0 Å². The Labute approximate surface area is 159 Å². The average Bonchev–Trinajstić information content (AvgIpc) is 2.97. The van der Waals surface area contributed by atoms with Gasteiger partial charge in [0.05, 0.1) is 16.2 Å². The molecule has 0 aliphatic carbocycles. The molecule has 2 heterocycles. The molecule has 3 aromatic carbocycles. The first kappa shape index (κ1) is 15.5. The minimum Gasteiger partial charge on any atom is -0.314 e. The van der Waals surface area contributed by atoms with Crippen molar-refractivity contribution in [1.29, 1.82) is 0 Å². The minimum atomic E-state index is -0.320. The van der Waals surface area contributed by atoms with E-state index in [4.69, 9.17) is 23.2 Å². The first-order valence-corrected chi connectivity index (χ1v) is 9.47. The fraction of sp³-hybridized carbons (Fsp3) is 0. The first-order chi connectivity index (χ1) is 12.2. The van der Waals surface area contributed by atoms with Gasteiger partial charge in [-0.1, -0.05) is 69.3 Å². The molecule has 1 radical (unpaired) electrons. The van der Waals surface area contributed by atoms with Crippen molar-refractivity contribution >= 4 is 96.7 Å². The van der Waals surface area contributed by atoms with E-state index >= 15 is 0 Å². The molecular weight excluding hydrogens is 369 g/mol. The standard InChI is InChI=1S/C19H9B2Cl2OS/c22-16-6-13-14(7-17(16)23)21(9-24)15-8-19-11(5-12(15)20-13)10-3-1-2-4-18(10)25-19/h1-9H. The van der Waals surface area contributed by atoms with Gasteiger partial charge in [-0.25, -0.2) is 0 Å². The topological polar surface area (TPSA) is 17.1 Å². The molecule has 1 aliphatic rings. The summed E-state index contributed by atoms with van der Waals surface area (Å²) >= 11 is 14.1. The number of fused-ring (bicyclic) bond motifs is 5. The highest BCUT2D eigenvalue weighted by Gasteiger charge is 2.31. The molecule has 1 nitrogen and oxygen atoms in total. The van der Waals surface area contributed by atoms with Crippen molar-refractivity contribution in [3.8, 4) is 0 Å². The van der Waals surface area contributed by atoms with E-state index in [0.717, 1.165) is 28.0 Å². The molecule has 0 bridgehead atoms. The van der Waals surface area contributed by atoms with Crippen LogP contribution in [0.15, 0.2) is 48.5 Å². The minimum absolute atomic E-state index is 0.320. The van der Waals surface area contributed by atoms with Crippen LogP contribution in [0.2, 0.25) is 10.0 Å². The second kappa shape index (κ2) is 5.63. The zero-order valence-electron chi connectivity index (χ0n) is 12.9. The molecule has 0 spiro atoms. The maximum Gasteiger partial charge on any atom is 0.282 e. The summed E-state index contributed by atoms with van der Waals surface area (Å²) in [5.41, 5.74) is 3.97. The lowest BCUT2D eigenvalue weighted by atomic mass is 9.32. The van der Waals surface area contributed by atoms with Crippen LogP contribution in [0.4, 0.5) is 0 Å². The third-order valence-electron chi connectivity index (χ3n) is 4.83. The third-order valence-corrected chi connectivity index (χ3v) is 6.68. The predicted molar refractivity (Wildman–Crippen MR) is 113 cm³/mol. The van der Waals surface area contributed by atoms with E-state index in [0.29, 0.717) is 10.0 Å². The van der Waals surface area contributed by atoms with Crippen LogP contribution in [-0.2, 0) is 4.79 Å². The van der Waals surface area contributed by atoms with Gasteiger partial charge in [-0.3, -0.25) is 0 Å². The molecule has 0 fully saturated rings. The summed E-state index contributed by atoms with van der Waals surface area (Å²) < 4.78 is 2.45. The van der Waals surface area contributed by atoms with Gasteiger partial charge in [-0.05, 0) is 29.7 Å². The fourth-order valence-corrected chi connectivity index (χ4v) is 5.13. The molecule has 0 saturated heterocycles. The van der Waals surface area contributed by atoms with Crippen LogP contribution < -0.4 is 21.9 Å². The molecule has 0 amide bonds. The number of hydrogen-bond donors (Lipinski definition) is 0. The number of rotatable bonds is 1. The normalized spacial score (nSPS) is 12.8. The van der Waals surface area contributed by atoms with E-state index in [1.807, 2.05) is 12.1 Å². The van der Waals surface area contributed by atoms with Crippen LogP contribution in [0.1, 0.15) is 0 Å². The Balaban J connectivity index is 1.80. The largest absolute Gasteiger partial charge is 0.314 e. The summed E-state index contributed by atoms with van der Waals surface area (Å²) in [4.78, 5) is 11.9. The maximum atomic E-state index is 11.9. The molecule has 1 aromatic heterocycles. The van der Waals surface area contributed by atoms with Crippen molar-refractivity contribution in [2.75, 3.05) is 0 Å². The molecule has 0 unspecified atom stereocenters. The molecule has 0 atom stereocenters. The van der Waals surface area contributed by atoms with Crippen molar-refractivity contribution < 1.29 is 4.79 Å². The number of carbonyl (C=O) groups is 1. The maximum absolute atomic E-state index is 11.9. The Bertz CT molecular complexity index is 1190. The molecule has 5 rings (SSSR count). The highest BCUT2D eigenvalue weighted by molar-refractivity contribution is 7.26. The van der Waals surface area contributed by atoms with E-state index in [1.54, 1.807) is 11.3 Å². The highest BCUT2D eigenvalue weighted by Crippen LogP contribution is 2.32. The van der Waals surface area contributed by atoms with Crippen LogP contribution in [0.3, 0.4) is 0 Å². The van der Waals surface area contributed by atoms with Gasteiger partial charge in [0.25, 0.3) is 6.71 Å². The molecule has 117 valence electrons. The summed E-state index contributed by atoms with van der Waals surface area (Å²) in [5, 5.41) is 3.46. The van der Waals surface area contributed by atoms with Gasteiger partial charge in [-0.2, -0.15) is 0 Å². The van der Waals surface area contributed by atoms with E-state index in [2.05, 4.69) is 43.7 Å². The zero-order chi connectivity index (χ0) is 17.1. The lowest BCUT2D eigenvalue weighted by Crippen LogP contribution is -2.64. The van der Waals surface area contributed by atoms with Crippen molar-refractivity contribution in [3.05, 3.63) is 58.6 Å². The zero-order valence-corrected chi connectivity index (χ0v) is 15.3. The second-order valence-electron chi connectivity index (χ2n) is 6.23. The predicted octanol–water partition coefficient (Wildman–Crippen LogP) is 2.71. The van der Waals surface area contributed by atoms with Crippen LogP contribution in [-0.4, -0.2) is 20.2 Å². The van der Waals surface area contributed by atoms with Gasteiger partial charge in [0.1, 0.15) is 0 Å². The van der Waals surface area contributed by atoms with Crippen LogP contribution in [0, 0.1) is 0 Å². The van der Waals surface area contributed by atoms with Crippen LogP contribution in [0.25, 0.3) is 20.2 Å². The van der Waals surface area contributed by atoms with Crippen LogP contribution in [0.5, 0.6) is 0 Å². The van der Waals surface area contributed by atoms with Gasteiger partial charge in [0.15, 0.2) is 7.28 Å². The quantitative estimate of drug-likeness (QED) is 0.368. The van der Waals surface area contributed by atoms with Crippen molar-refractivity contribution in [2.45, 2.75) is 0 Å². The first-order valence-electron chi connectivity index (χ1n) is 7.90. The van der Waals surface area contributed by atoms with Gasteiger partial charge in [-0.15, -0.1) is 11.3 Å². The smallest absolute Gasteiger partial charge is 0.282 e. The van der Waals surface area contributed by atoms with Gasteiger partial charge >= 0.3 is 0 Å². The summed E-state index contributed by atoms with van der Waals surface area (Å²) in [5.74, 6) is 0. The number of benzene rings is 3. The molecule has 6 heteroatoms. The highest BCUT2D eigenvalue weighted by atomic mass is 35.5. The molecule has 1 aliphatic heterocycles. The molecule has 0 saturated carbocycles. The Hall–Kier alpha value is -1.74. The van der Waals surface area contributed by atoms with E-state index in [-0.39, 0.29) is 6.71 Å². The van der Waals surface area contributed by atoms with E-state index in [1.165, 1.54) is 20.2 Å². The molecule has 25 heavy (non-hydrogen) atoms. The van der Waals surface area contributed by atoms with Gasteiger partial charge in [0.2, 0.25) is 0 Å². The molecule has 4 aromatic rings. The number of carbonyl (C=O) groups excluding carboxylic acids is 1. The van der Waals surface area contributed by atoms with Crippen LogP contribution >= 0.6 is 34.5 Å². The monoisotopic (exact) mass is 377 g/mol. The van der Waals surface area contributed by atoms with Crippen molar-refractivity contribution in [2.24, 2.45) is 0 Å². The number of thiophene rings is 1.